The number of hydrogen-bond acceptors (Lipinski definition) is 1. The maximum Gasteiger partial charge on any atom is 0.0327 e. The van der Waals surface area contributed by atoms with Gasteiger partial charge in [-0.1, -0.05) is 0 Å². The van der Waals surface area contributed by atoms with Gasteiger partial charge in [-0.05, 0) is 37.7 Å². The first-order chi connectivity index (χ1) is 4.95. The van der Waals surface area contributed by atoms with E-state index in [1.54, 1.807) is 5.70 Å². The van der Waals surface area contributed by atoms with Gasteiger partial charge in [0.05, 0.1) is 0 Å². The summed E-state index contributed by atoms with van der Waals surface area (Å²) in [6.45, 7) is 1.36. The van der Waals surface area contributed by atoms with Crippen molar-refractivity contribution in [3.05, 3.63) is 11.3 Å². The molecule has 10 heavy (non-hydrogen) atoms. The quantitative estimate of drug-likeness (QED) is 0.490. The SMILES string of the molecule is C1CC2=C3CCC(C3)N2C1. The van der Waals surface area contributed by atoms with Crippen molar-refractivity contribution < 1.29 is 0 Å². The van der Waals surface area contributed by atoms with Gasteiger partial charge in [0.15, 0.2) is 0 Å². The van der Waals surface area contributed by atoms with Gasteiger partial charge in [0.25, 0.3) is 0 Å². The van der Waals surface area contributed by atoms with Gasteiger partial charge in [0, 0.05) is 18.3 Å². The van der Waals surface area contributed by atoms with E-state index in [4.69, 9.17) is 0 Å². The predicted octanol–water partition coefficient (Wildman–Crippen LogP) is 1.90. The highest BCUT2D eigenvalue weighted by atomic mass is 15.2. The topological polar surface area (TPSA) is 3.24 Å². The minimum atomic E-state index is 0.951. The van der Waals surface area contributed by atoms with Crippen LogP contribution in [0, 0.1) is 0 Å². The third kappa shape index (κ3) is 0.458. The molecule has 1 saturated carbocycles. The number of nitrogens with zero attached hydrogens (tertiary/aromatic N) is 1. The number of rotatable bonds is 0. The molecule has 1 heteroatoms. The lowest BCUT2D eigenvalue weighted by Gasteiger charge is -2.24. The second-order valence-corrected chi connectivity index (χ2v) is 3.74. The molecule has 3 aliphatic rings. The van der Waals surface area contributed by atoms with Crippen LogP contribution in [0.1, 0.15) is 32.1 Å². The van der Waals surface area contributed by atoms with Gasteiger partial charge in [-0.2, -0.15) is 0 Å². The largest absolute Gasteiger partial charge is 0.372 e. The van der Waals surface area contributed by atoms with Crippen molar-refractivity contribution in [2.75, 3.05) is 6.54 Å². The van der Waals surface area contributed by atoms with E-state index in [0.29, 0.717) is 0 Å². The molecule has 1 nitrogen and oxygen atoms in total. The Morgan fingerprint density at radius 2 is 2.30 bits per heavy atom. The molecule has 0 aromatic carbocycles. The van der Waals surface area contributed by atoms with E-state index in [1.165, 1.54) is 38.6 Å². The van der Waals surface area contributed by atoms with Crippen LogP contribution in [0.3, 0.4) is 0 Å². The Hall–Kier alpha value is -0.460. The highest BCUT2D eigenvalue weighted by molar-refractivity contribution is 5.28. The fourth-order valence-corrected chi connectivity index (χ4v) is 2.84. The fraction of sp³-hybridized carbons (Fsp3) is 0.778. The minimum absolute atomic E-state index is 0.951. The zero-order valence-corrected chi connectivity index (χ0v) is 6.27. The molecule has 0 aromatic rings. The lowest BCUT2D eigenvalue weighted by Crippen LogP contribution is -2.26. The molecule has 54 valence electrons. The Morgan fingerprint density at radius 3 is 3.20 bits per heavy atom. The van der Waals surface area contributed by atoms with E-state index in [1.807, 2.05) is 5.57 Å². The molecule has 2 fully saturated rings. The van der Waals surface area contributed by atoms with Crippen LogP contribution in [0.4, 0.5) is 0 Å². The van der Waals surface area contributed by atoms with Crippen molar-refractivity contribution in [1.29, 1.82) is 0 Å². The number of allylic oxidation sites excluding steroid dienone is 1. The van der Waals surface area contributed by atoms with Crippen LogP contribution < -0.4 is 0 Å². The average Bonchev–Trinajstić information content (AvgIpc) is 2.60. The zero-order chi connectivity index (χ0) is 6.55. The van der Waals surface area contributed by atoms with Gasteiger partial charge >= 0.3 is 0 Å². The summed E-state index contributed by atoms with van der Waals surface area (Å²) in [6, 6.07) is 0.951. The van der Waals surface area contributed by atoms with Crippen LogP contribution in [0.5, 0.6) is 0 Å². The molecule has 0 amide bonds. The van der Waals surface area contributed by atoms with E-state index in [2.05, 4.69) is 4.90 Å². The van der Waals surface area contributed by atoms with Gasteiger partial charge in [-0.25, -0.2) is 0 Å². The fourth-order valence-electron chi connectivity index (χ4n) is 2.84. The average molecular weight is 135 g/mol. The second-order valence-electron chi connectivity index (χ2n) is 3.74. The van der Waals surface area contributed by atoms with Crippen molar-refractivity contribution >= 4 is 0 Å². The molecule has 0 N–H and O–H groups in total. The van der Waals surface area contributed by atoms with Crippen LogP contribution in [0.25, 0.3) is 0 Å². The Labute approximate surface area is 61.7 Å². The third-order valence-electron chi connectivity index (χ3n) is 3.27. The summed E-state index contributed by atoms with van der Waals surface area (Å²) >= 11 is 0. The van der Waals surface area contributed by atoms with Crippen LogP contribution in [0.15, 0.2) is 11.3 Å². The van der Waals surface area contributed by atoms with Gasteiger partial charge in [-0.15, -0.1) is 0 Å². The smallest absolute Gasteiger partial charge is 0.0327 e. The summed E-state index contributed by atoms with van der Waals surface area (Å²) in [5.74, 6) is 0. The second kappa shape index (κ2) is 1.58. The molecule has 1 atom stereocenters. The Balaban J connectivity index is 2.09. The molecule has 2 aliphatic heterocycles. The minimum Gasteiger partial charge on any atom is -0.372 e. The van der Waals surface area contributed by atoms with E-state index in [9.17, 15) is 0 Å². The first kappa shape index (κ1) is 5.22. The van der Waals surface area contributed by atoms with Gasteiger partial charge in [0.1, 0.15) is 0 Å². The van der Waals surface area contributed by atoms with Crippen LogP contribution >= 0.6 is 0 Å². The molecular formula is C9H13N. The molecule has 0 aromatic heterocycles. The van der Waals surface area contributed by atoms with Crippen molar-refractivity contribution in [3.8, 4) is 0 Å². The summed E-state index contributed by atoms with van der Waals surface area (Å²) in [7, 11) is 0. The zero-order valence-electron chi connectivity index (χ0n) is 6.27. The molecule has 1 aliphatic carbocycles. The normalized spacial score (nSPS) is 36.0. The Kier molecular flexibility index (Phi) is 0.825. The lowest BCUT2D eigenvalue weighted by molar-refractivity contribution is 0.304. The van der Waals surface area contributed by atoms with Gasteiger partial charge in [0.2, 0.25) is 0 Å². The van der Waals surface area contributed by atoms with Crippen LogP contribution in [-0.2, 0) is 0 Å². The molecular weight excluding hydrogens is 122 g/mol. The lowest BCUT2D eigenvalue weighted by atomic mass is 10.1. The first-order valence-electron chi connectivity index (χ1n) is 4.43. The molecule has 2 bridgehead atoms. The summed E-state index contributed by atoms with van der Waals surface area (Å²) < 4.78 is 0. The molecule has 1 unspecified atom stereocenters. The maximum atomic E-state index is 2.67. The Bertz CT molecular complexity index is 205. The summed E-state index contributed by atoms with van der Waals surface area (Å²) in [4.78, 5) is 2.67. The summed E-state index contributed by atoms with van der Waals surface area (Å²) in [6.07, 6.45) is 7.13. The molecule has 0 radical (unpaired) electrons. The number of fused-ring (bicyclic) bond motifs is 4. The summed E-state index contributed by atoms with van der Waals surface area (Å²) in [5, 5.41) is 0. The third-order valence-corrected chi connectivity index (χ3v) is 3.27. The van der Waals surface area contributed by atoms with Gasteiger partial charge in [-0.3, -0.25) is 0 Å². The predicted molar refractivity (Wildman–Crippen MR) is 40.6 cm³/mol. The number of hydrogen-bond donors (Lipinski definition) is 0. The van der Waals surface area contributed by atoms with Gasteiger partial charge < -0.3 is 4.90 Å². The molecule has 0 spiro atoms. The molecule has 2 heterocycles. The van der Waals surface area contributed by atoms with Crippen LogP contribution in [-0.4, -0.2) is 17.5 Å². The Morgan fingerprint density at radius 1 is 1.30 bits per heavy atom. The van der Waals surface area contributed by atoms with Crippen molar-refractivity contribution in [2.45, 2.75) is 38.1 Å². The van der Waals surface area contributed by atoms with Crippen LogP contribution in [0.2, 0.25) is 0 Å². The maximum absolute atomic E-state index is 2.67. The summed E-state index contributed by atoms with van der Waals surface area (Å²) in [5.41, 5.74) is 3.55. The van der Waals surface area contributed by atoms with E-state index < -0.39 is 0 Å². The highest BCUT2D eigenvalue weighted by Gasteiger charge is 2.38. The van der Waals surface area contributed by atoms with Crippen molar-refractivity contribution in [2.24, 2.45) is 0 Å². The monoisotopic (exact) mass is 135 g/mol. The van der Waals surface area contributed by atoms with Crippen molar-refractivity contribution in [3.63, 3.8) is 0 Å². The molecule has 1 saturated heterocycles. The van der Waals surface area contributed by atoms with E-state index >= 15 is 0 Å². The van der Waals surface area contributed by atoms with Crippen molar-refractivity contribution in [1.82, 2.24) is 4.90 Å². The standard InChI is InChI=1S/C9H13N/c1-2-9-7-3-4-8(6-7)10(9)5-1/h8H,1-6H2. The van der Waals surface area contributed by atoms with E-state index in [0.717, 1.165) is 6.04 Å². The first-order valence-corrected chi connectivity index (χ1v) is 4.43. The highest BCUT2D eigenvalue weighted by Crippen LogP contribution is 2.45. The molecule has 3 rings (SSSR count). The van der Waals surface area contributed by atoms with E-state index in [-0.39, 0.29) is 0 Å².